The lowest BCUT2D eigenvalue weighted by Crippen LogP contribution is -2.45. The smallest absolute Gasteiger partial charge is 0.222 e. The van der Waals surface area contributed by atoms with Crippen molar-refractivity contribution in [2.24, 2.45) is 10.4 Å². The molecule has 1 amide bonds. The molecule has 0 aromatic rings. The Bertz CT molecular complexity index is 392. The summed E-state index contributed by atoms with van der Waals surface area (Å²) in [6.45, 7) is 11.2. The van der Waals surface area contributed by atoms with Crippen LogP contribution >= 0.6 is 24.0 Å². The summed E-state index contributed by atoms with van der Waals surface area (Å²) < 4.78 is 0. The van der Waals surface area contributed by atoms with Crippen LogP contribution in [0.4, 0.5) is 0 Å². The van der Waals surface area contributed by atoms with Crippen LogP contribution in [-0.2, 0) is 4.79 Å². The minimum atomic E-state index is -0.137. The fourth-order valence-electron chi connectivity index (χ4n) is 2.84. The molecule has 1 aliphatic heterocycles. The lowest BCUT2D eigenvalue weighted by atomic mass is 9.83. The van der Waals surface area contributed by atoms with Crippen LogP contribution in [-0.4, -0.2) is 60.7 Å². The molecule has 1 rings (SSSR count). The Kier molecular flexibility index (Phi) is 11.6. The van der Waals surface area contributed by atoms with E-state index in [1.54, 1.807) is 0 Å². The Hall–Kier alpha value is -0.570. The third-order valence-corrected chi connectivity index (χ3v) is 4.94. The molecule has 0 saturated carbocycles. The van der Waals surface area contributed by atoms with E-state index in [0.29, 0.717) is 13.0 Å². The third-order valence-electron chi connectivity index (χ3n) is 4.94. The molecule has 0 bridgehead atoms. The number of nitrogens with one attached hydrogen (secondary N) is 2. The Balaban J connectivity index is 0.00000529. The summed E-state index contributed by atoms with van der Waals surface area (Å²) in [5.74, 6) is 0.996. The number of nitrogens with zero attached hydrogens (tertiary/aromatic N) is 2. The zero-order valence-electron chi connectivity index (χ0n) is 15.6. The number of likely N-dealkylation sites (tertiary alicyclic amines) is 1. The Morgan fingerprint density at radius 2 is 1.96 bits per heavy atom. The van der Waals surface area contributed by atoms with Crippen LogP contribution in [0.25, 0.3) is 0 Å². The Labute approximate surface area is 163 Å². The van der Waals surface area contributed by atoms with Crippen molar-refractivity contribution in [3.63, 3.8) is 0 Å². The van der Waals surface area contributed by atoms with Crippen molar-refractivity contribution in [3.05, 3.63) is 0 Å². The minimum Gasteiger partial charge on any atom is -0.396 e. The molecule has 0 aromatic heterocycles. The number of carbonyl (C=O) groups excluding carboxylic acids is 1. The standard InChI is InChI=1S/C17H34N4O2.HI/c1-5-15(23)21-10-9-14(11-21)20-16(18-8-4)19-12-17(6-2,7-3)13-22;/h14,22H,5-13H2,1-4H3,(H2,18,19,20);1H. The van der Waals surface area contributed by atoms with Gasteiger partial charge in [-0.25, -0.2) is 0 Å². The average molecular weight is 454 g/mol. The number of carbonyl (C=O) groups is 1. The maximum atomic E-state index is 11.8. The molecule has 0 aliphatic carbocycles. The van der Waals surface area contributed by atoms with Crippen molar-refractivity contribution < 1.29 is 9.90 Å². The number of halogens is 1. The van der Waals surface area contributed by atoms with E-state index >= 15 is 0 Å². The summed E-state index contributed by atoms with van der Waals surface area (Å²) in [5.41, 5.74) is -0.137. The first-order valence-electron chi connectivity index (χ1n) is 8.97. The second-order valence-electron chi connectivity index (χ2n) is 6.38. The van der Waals surface area contributed by atoms with Gasteiger partial charge < -0.3 is 20.6 Å². The topological polar surface area (TPSA) is 77.0 Å². The van der Waals surface area contributed by atoms with Crippen molar-refractivity contribution in [1.82, 2.24) is 15.5 Å². The molecule has 1 heterocycles. The molecular formula is C17H35IN4O2. The van der Waals surface area contributed by atoms with Crippen molar-refractivity contribution >= 4 is 35.8 Å². The maximum absolute atomic E-state index is 11.8. The van der Waals surface area contributed by atoms with E-state index in [1.165, 1.54) is 0 Å². The normalized spacial score (nSPS) is 18.3. The van der Waals surface area contributed by atoms with Gasteiger partial charge in [-0.3, -0.25) is 9.79 Å². The third kappa shape index (κ3) is 6.74. The molecule has 0 aromatic carbocycles. The quantitative estimate of drug-likeness (QED) is 0.298. The molecule has 7 heteroatoms. The van der Waals surface area contributed by atoms with Gasteiger partial charge in [0.15, 0.2) is 5.96 Å². The van der Waals surface area contributed by atoms with E-state index in [1.807, 2.05) is 18.7 Å². The van der Waals surface area contributed by atoms with Crippen molar-refractivity contribution in [1.29, 1.82) is 0 Å². The molecule has 1 fully saturated rings. The number of hydrogen-bond acceptors (Lipinski definition) is 3. The van der Waals surface area contributed by atoms with Gasteiger partial charge >= 0.3 is 0 Å². The first-order chi connectivity index (χ1) is 11.0. The first-order valence-corrected chi connectivity index (χ1v) is 8.97. The molecule has 1 atom stereocenters. The van der Waals surface area contributed by atoms with Crippen molar-refractivity contribution in [2.75, 3.05) is 32.8 Å². The summed E-state index contributed by atoms with van der Waals surface area (Å²) in [6.07, 6.45) is 3.33. The zero-order chi connectivity index (χ0) is 17.3. The summed E-state index contributed by atoms with van der Waals surface area (Å²) in [5, 5.41) is 16.4. The second kappa shape index (κ2) is 11.9. The highest BCUT2D eigenvalue weighted by Gasteiger charge is 2.27. The number of aliphatic hydroxyl groups excluding tert-OH is 1. The Morgan fingerprint density at radius 1 is 1.29 bits per heavy atom. The van der Waals surface area contributed by atoms with Gasteiger partial charge in [0.1, 0.15) is 0 Å². The fraction of sp³-hybridized carbons (Fsp3) is 0.882. The molecule has 142 valence electrons. The highest BCUT2D eigenvalue weighted by atomic mass is 127. The van der Waals surface area contributed by atoms with Gasteiger partial charge in [-0.05, 0) is 26.2 Å². The molecular weight excluding hydrogens is 419 g/mol. The van der Waals surface area contributed by atoms with Gasteiger partial charge in [-0.2, -0.15) is 0 Å². The number of amides is 1. The van der Waals surface area contributed by atoms with E-state index in [4.69, 9.17) is 0 Å². The minimum absolute atomic E-state index is 0. The summed E-state index contributed by atoms with van der Waals surface area (Å²) in [6, 6.07) is 0.245. The van der Waals surface area contributed by atoms with Gasteiger partial charge in [0.25, 0.3) is 0 Å². The van der Waals surface area contributed by atoms with E-state index in [0.717, 1.165) is 44.9 Å². The van der Waals surface area contributed by atoms with Gasteiger partial charge in [-0.15, -0.1) is 24.0 Å². The number of aliphatic imine (C=N–C) groups is 1. The summed E-state index contributed by atoms with van der Waals surface area (Å²) in [4.78, 5) is 18.4. The molecule has 24 heavy (non-hydrogen) atoms. The highest BCUT2D eigenvalue weighted by molar-refractivity contribution is 14.0. The second-order valence-corrected chi connectivity index (χ2v) is 6.38. The fourth-order valence-corrected chi connectivity index (χ4v) is 2.84. The van der Waals surface area contributed by atoms with Crippen LogP contribution in [0.3, 0.4) is 0 Å². The van der Waals surface area contributed by atoms with Crippen LogP contribution < -0.4 is 10.6 Å². The molecule has 6 nitrogen and oxygen atoms in total. The van der Waals surface area contributed by atoms with Crippen LogP contribution in [0.2, 0.25) is 0 Å². The Morgan fingerprint density at radius 3 is 2.46 bits per heavy atom. The van der Waals surface area contributed by atoms with Gasteiger partial charge in [0.05, 0.1) is 13.2 Å². The monoisotopic (exact) mass is 454 g/mol. The lowest BCUT2D eigenvalue weighted by molar-refractivity contribution is -0.129. The van der Waals surface area contributed by atoms with Crippen LogP contribution in [0, 0.1) is 5.41 Å². The van der Waals surface area contributed by atoms with Gasteiger partial charge in [0, 0.05) is 37.5 Å². The maximum Gasteiger partial charge on any atom is 0.222 e. The van der Waals surface area contributed by atoms with Crippen LogP contribution in [0.5, 0.6) is 0 Å². The molecule has 0 spiro atoms. The van der Waals surface area contributed by atoms with E-state index in [2.05, 4.69) is 29.5 Å². The van der Waals surface area contributed by atoms with E-state index in [9.17, 15) is 9.90 Å². The predicted octanol–water partition coefficient (Wildman–Crippen LogP) is 1.97. The van der Waals surface area contributed by atoms with Gasteiger partial charge in [-0.1, -0.05) is 20.8 Å². The van der Waals surface area contributed by atoms with Crippen LogP contribution in [0.1, 0.15) is 53.4 Å². The lowest BCUT2D eigenvalue weighted by Gasteiger charge is -2.28. The number of hydrogen-bond donors (Lipinski definition) is 3. The molecule has 1 saturated heterocycles. The number of rotatable bonds is 8. The number of aliphatic hydroxyl groups is 1. The summed E-state index contributed by atoms with van der Waals surface area (Å²) in [7, 11) is 0. The number of guanidine groups is 1. The largest absolute Gasteiger partial charge is 0.396 e. The van der Waals surface area contributed by atoms with Crippen LogP contribution in [0.15, 0.2) is 4.99 Å². The average Bonchev–Trinajstić information content (AvgIpc) is 3.04. The predicted molar refractivity (Wildman–Crippen MR) is 110 cm³/mol. The van der Waals surface area contributed by atoms with Crippen molar-refractivity contribution in [2.45, 2.75) is 59.4 Å². The summed E-state index contributed by atoms with van der Waals surface area (Å²) >= 11 is 0. The first kappa shape index (κ1) is 23.4. The molecule has 1 unspecified atom stereocenters. The molecule has 3 N–H and O–H groups in total. The SMILES string of the molecule is CCNC(=NCC(CC)(CC)CO)NC1CCN(C(=O)CC)C1.I. The van der Waals surface area contributed by atoms with Gasteiger partial charge in [0.2, 0.25) is 5.91 Å². The van der Waals surface area contributed by atoms with E-state index < -0.39 is 0 Å². The van der Waals surface area contributed by atoms with E-state index in [-0.39, 0.29) is 47.9 Å². The zero-order valence-corrected chi connectivity index (χ0v) is 17.9. The molecule has 1 aliphatic rings. The van der Waals surface area contributed by atoms with Crippen molar-refractivity contribution in [3.8, 4) is 0 Å². The highest BCUT2D eigenvalue weighted by Crippen LogP contribution is 2.25. The molecule has 0 radical (unpaired) electrons.